The van der Waals surface area contributed by atoms with Crippen LogP contribution < -0.4 is 5.32 Å². The van der Waals surface area contributed by atoms with Crippen molar-refractivity contribution in [2.24, 2.45) is 0 Å². The minimum atomic E-state index is 0.718. The number of hydrogen-bond acceptors (Lipinski definition) is 2. The van der Waals surface area contributed by atoms with Gasteiger partial charge >= 0.3 is 0 Å². The van der Waals surface area contributed by atoms with E-state index in [-0.39, 0.29) is 0 Å². The largest absolute Gasteiger partial charge is 0.310 e. The van der Waals surface area contributed by atoms with Crippen molar-refractivity contribution in [3.05, 3.63) is 21.4 Å². The van der Waals surface area contributed by atoms with E-state index in [4.69, 9.17) is 0 Å². The maximum absolute atomic E-state index is 3.57. The zero-order valence-corrected chi connectivity index (χ0v) is 9.21. The lowest BCUT2D eigenvalue weighted by Gasteiger charge is -2.22. The van der Waals surface area contributed by atoms with Crippen LogP contribution in [0.3, 0.4) is 0 Å². The topological polar surface area (TPSA) is 12.0 Å². The molecule has 13 heavy (non-hydrogen) atoms. The summed E-state index contributed by atoms with van der Waals surface area (Å²) >= 11 is 2.01. The molecule has 0 spiro atoms. The average molecular weight is 195 g/mol. The van der Waals surface area contributed by atoms with Crippen molar-refractivity contribution >= 4 is 11.3 Å². The van der Waals surface area contributed by atoms with E-state index in [1.54, 1.807) is 15.3 Å². The van der Waals surface area contributed by atoms with Crippen LogP contribution in [-0.2, 0) is 19.4 Å². The molecule has 0 amide bonds. The van der Waals surface area contributed by atoms with Gasteiger partial charge in [0.05, 0.1) is 0 Å². The normalized spacial score (nSPS) is 21.5. The Morgan fingerprint density at radius 1 is 1.54 bits per heavy atom. The first-order valence-electron chi connectivity index (χ1n) is 5.17. The third-order valence-corrected chi connectivity index (χ3v) is 4.15. The summed E-state index contributed by atoms with van der Waals surface area (Å²) < 4.78 is 0. The van der Waals surface area contributed by atoms with Gasteiger partial charge in [0.15, 0.2) is 0 Å². The van der Waals surface area contributed by atoms with E-state index >= 15 is 0 Å². The summed E-state index contributed by atoms with van der Waals surface area (Å²) in [5.74, 6) is 0. The van der Waals surface area contributed by atoms with Gasteiger partial charge in [0, 0.05) is 22.3 Å². The van der Waals surface area contributed by atoms with Gasteiger partial charge in [0.1, 0.15) is 0 Å². The van der Waals surface area contributed by atoms with E-state index in [9.17, 15) is 0 Å². The highest BCUT2D eigenvalue weighted by Gasteiger charge is 2.18. The standard InChI is InChI=1S/C11H17NS/c1-3-9-6-11-8(7-12-9)5-10(4-2)13-11/h5,9,12H,3-4,6-7H2,1-2H3. The summed E-state index contributed by atoms with van der Waals surface area (Å²) in [6.07, 6.45) is 3.68. The van der Waals surface area contributed by atoms with Crippen LogP contribution in [0.1, 0.15) is 35.6 Å². The van der Waals surface area contributed by atoms with Crippen LogP contribution in [-0.4, -0.2) is 6.04 Å². The second kappa shape index (κ2) is 3.81. The summed E-state index contributed by atoms with van der Waals surface area (Å²) in [5, 5.41) is 3.57. The smallest absolute Gasteiger partial charge is 0.0219 e. The molecule has 1 unspecified atom stereocenters. The van der Waals surface area contributed by atoms with E-state index in [2.05, 4.69) is 25.2 Å². The summed E-state index contributed by atoms with van der Waals surface area (Å²) in [6, 6.07) is 3.09. The summed E-state index contributed by atoms with van der Waals surface area (Å²) in [6.45, 7) is 5.59. The van der Waals surface area contributed by atoms with Crippen molar-refractivity contribution in [3.8, 4) is 0 Å². The molecule has 0 radical (unpaired) electrons. The van der Waals surface area contributed by atoms with E-state index in [1.807, 2.05) is 11.3 Å². The molecule has 2 rings (SSSR count). The highest BCUT2D eigenvalue weighted by molar-refractivity contribution is 7.12. The summed E-state index contributed by atoms with van der Waals surface area (Å²) in [7, 11) is 0. The molecule has 1 aromatic heterocycles. The Balaban J connectivity index is 2.19. The molecule has 1 aliphatic heterocycles. The molecule has 0 bridgehead atoms. The van der Waals surface area contributed by atoms with Crippen molar-refractivity contribution in [1.29, 1.82) is 0 Å². The molecule has 1 aliphatic rings. The second-order valence-corrected chi connectivity index (χ2v) is 4.93. The Morgan fingerprint density at radius 3 is 3.08 bits per heavy atom. The number of nitrogens with one attached hydrogen (secondary N) is 1. The molecular weight excluding hydrogens is 178 g/mol. The fourth-order valence-corrected chi connectivity index (χ4v) is 3.07. The van der Waals surface area contributed by atoms with Gasteiger partial charge in [-0.15, -0.1) is 11.3 Å². The number of thiophene rings is 1. The van der Waals surface area contributed by atoms with Gasteiger partial charge < -0.3 is 5.32 Å². The predicted molar refractivity (Wildman–Crippen MR) is 58.3 cm³/mol. The lowest BCUT2D eigenvalue weighted by atomic mass is 10.0. The lowest BCUT2D eigenvalue weighted by molar-refractivity contribution is 0.473. The maximum Gasteiger partial charge on any atom is 0.0219 e. The molecule has 2 heterocycles. The average Bonchev–Trinajstić information content (AvgIpc) is 2.58. The van der Waals surface area contributed by atoms with Gasteiger partial charge in [-0.05, 0) is 30.9 Å². The van der Waals surface area contributed by atoms with E-state index < -0.39 is 0 Å². The zero-order chi connectivity index (χ0) is 9.26. The van der Waals surface area contributed by atoms with Crippen LogP contribution in [0.2, 0.25) is 0 Å². The number of hydrogen-bond donors (Lipinski definition) is 1. The molecule has 72 valence electrons. The van der Waals surface area contributed by atoms with Gasteiger partial charge in [-0.2, -0.15) is 0 Å². The third kappa shape index (κ3) is 1.79. The minimum absolute atomic E-state index is 0.718. The van der Waals surface area contributed by atoms with Crippen LogP contribution in [0.15, 0.2) is 6.07 Å². The van der Waals surface area contributed by atoms with Crippen molar-refractivity contribution < 1.29 is 0 Å². The van der Waals surface area contributed by atoms with Crippen LogP contribution >= 0.6 is 11.3 Å². The fourth-order valence-electron chi connectivity index (χ4n) is 1.86. The second-order valence-electron chi connectivity index (χ2n) is 3.70. The van der Waals surface area contributed by atoms with Crippen molar-refractivity contribution in [2.75, 3.05) is 0 Å². The Labute approximate surface area is 84.2 Å². The van der Waals surface area contributed by atoms with E-state index in [1.165, 1.54) is 19.3 Å². The van der Waals surface area contributed by atoms with Crippen LogP contribution in [0, 0.1) is 0 Å². The number of fused-ring (bicyclic) bond motifs is 1. The highest BCUT2D eigenvalue weighted by Crippen LogP contribution is 2.27. The van der Waals surface area contributed by atoms with Crippen LogP contribution in [0.4, 0.5) is 0 Å². The lowest BCUT2D eigenvalue weighted by Crippen LogP contribution is -2.33. The molecule has 0 aromatic carbocycles. The van der Waals surface area contributed by atoms with E-state index in [0.717, 1.165) is 12.6 Å². The van der Waals surface area contributed by atoms with Crippen molar-refractivity contribution in [1.82, 2.24) is 5.32 Å². The van der Waals surface area contributed by atoms with Crippen LogP contribution in [0.25, 0.3) is 0 Å². The Hall–Kier alpha value is -0.340. The maximum atomic E-state index is 3.57. The first-order valence-corrected chi connectivity index (χ1v) is 5.99. The summed E-state index contributed by atoms with van der Waals surface area (Å²) in [4.78, 5) is 3.17. The SMILES string of the molecule is CCc1cc2c(s1)CC(CC)NC2. The molecule has 0 saturated carbocycles. The molecule has 1 aromatic rings. The van der Waals surface area contributed by atoms with Gasteiger partial charge in [0.2, 0.25) is 0 Å². The molecule has 2 heteroatoms. The van der Waals surface area contributed by atoms with E-state index in [0.29, 0.717) is 0 Å². The predicted octanol–water partition coefficient (Wildman–Crippen LogP) is 2.73. The highest BCUT2D eigenvalue weighted by atomic mass is 32.1. The number of aryl methyl sites for hydroxylation is 1. The van der Waals surface area contributed by atoms with Gasteiger partial charge in [-0.1, -0.05) is 13.8 Å². The Bertz CT molecular complexity index is 290. The molecule has 0 fully saturated rings. The van der Waals surface area contributed by atoms with Gasteiger partial charge in [0.25, 0.3) is 0 Å². The molecule has 0 aliphatic carbocycles. The van der Waals surface area contributed by atoms with Gasteiger partial charge in [-0.3, -0.25) is 0 Å². The molecular formula is C11H17NS. The first kappa shape index (κ1) is 9.22. The summed E-state index contributed by atoms with van der Waals surface area (Å²) in [5.41, 5.74) is 1.55. The molecule has 0 saturated heterocycles. The van der Waals surface area contributed by atoms with Crippen molar-refractivity contribution in [2.45, 2.75) is 45.7 Å². The fraction of sp³-hybridized carbons (Fsp3) is 0.636. The van der Waals surface area contributed by atoms with Crippen LogP contribution in [0.5, 0.6) is 0 Å². The minimum Gasteiger partial charge on any atom is -0.310 e. The first-order chi connectivity index (χ1) is 6.33. The third-order valence-electron chi connectivity index (χ3n) is 2.80. The molecule has 1 atom stereocenters. The Kier molecular flexibility index (Phi) is 2.70. The quantitative estimate of drug-likeness (QED) is 0.765. The molecule has 1 N–H and O–H groups in total. The van der Waals surface area contributed by atoms with Gasteiger partial charge in [-0.25, -0.2) is 0 Å². The Morgan fingerprint density at radius 2 is 2.38 bits per heavy atom. The number of rotatable bonds is 2. The monoisotopic (exact) mass is 195 g/mol. The zero-order valence-electron chi connectivity index (χ0n) is 8.39. The molecule has 1 nitrogen and oxygen atoms in total. The van der Waals surface area contributed by atoms with Crippen molar-refractivity contribution in [3.63, 3.8) is 0 Å².